The molecule has 100 valence electrons. The van der Waals surface area contributed by atoms with Crippen molar-refractivity contribution in [2.45, 2.75) is 39.2 Å². The molecule has 1 aliphatic heterocycles. The van der Waals surface area contributed by atoms with E-state index in [1.807, 2.05) is 0 Å². The van der Waals surface area contributed by atoms with Crippen molar-refractivity contribution in [3.8, 4) is 0 Å². The number of nitrogens with one attached hydrogen (secondary N) is 1. The van der Waals surface area contributed by atoms with E-state index in [2.05, 4.69) is 48.3 Å². The van der Waals surface area contributed by atoms with Gasteiger partial charge in [0.25, 0.3) is 0 Å². The maximum absolute atomic E-state index is 3.45. The maximum Gasteiger partial charge on any atom is 0.0351 e. The number of unbranched alkanes of at least 4 members (excludes halogenated alkanes) is 1. The number of hydrogen-bond donors (Lipinski definition) is 1. The van der Waals surface area contributed by atoms with Crippen LogP contribution in [0, 0.1) is 6.92 Å². The van der Waals surface area contributed by atoms with Crippen LogP contribution in [0.5, 0.6) is 0 Å². The lowest BCUT2D eigenvalue weighted by atomic mass is 9.95. The molecular weight excluding hydrogens is 220 g/mol. The van der Waals surface area contributed by atoms with Gasteiger partial charge < -0.3 is 5.32 Å². The van der Waals surface area contributed by atoms with Crippen molar-refractivity contribution < 1.29 is 0 Å². The molecular formula is C16H26N2. The molecule has 0 saturated carbocycles. The molecule has 1 unspecified atom stereocenters. The lowest BCUT2D eigenvalue weighted by Crippen LogP contribution is -2.45. The minimum Gasteiger partial charge on any atom is -0.314 e. The molecule has 18 heavy (non-hydrogen) atoms. The predicted molar refractivity (Wildman–Crippen MR) is 77.9 cm³/mol. The smallest absolute Gasteiger partial charge is 0.0351 e. The molecule has 0 bridgehead atoms. The average molecular weight is 246 g/mol. The summed E-state index contributed by atoms with van der Waals surface area (Å²) < 4.78 is 0. The van der Waals surface area contributed by atoms with Crippen LogP contribution in [0.25, 0.3) is 0 Å². The summed E-state index contributed by atoms with van der Waals surface area (Å²) in [5.74, 6) is 0. The van der Waals surface area contributed by atoms with Gasteiger partial charge in [-0.3, -0.25) is 4.90 Å². The fourth-order valence-electron chi connectivity index (χ4n) is 2.89. The lowest BCUT2D eigenvalue weighted by molar-refractivity contribution is 0.162. The normalized spacial score (nSPS) is 18.8. The average Bonchev–Trinajstić information content (AvgIpc) is 2.42. The van der Waals surface area contributed by atoms with Crippen molar-refractivity contribution >= 4 is 0 Å². The highest BCUT2D eigenvalue weighted by molar-refractivity contribution is 5.28. The monoisotopic (exact) mass is 246 g/mol. The van der Waals surface area contributed by atoms with Crippen LogP contribution in [0.3, 0.4) is 0 Å². The van der Waals surface area contributed by atoms with E-state index in [1.165, 1.54) is 43.5 Å². The molecule has 0 amide bonds. The molecule has 0 aromatic heterocycles. The topological polar surface area (TPSA) is 15.3 Å². The van der Waals surface area contributed by atoms with E-state index in [-0.39, 0.29) is 0 Å². The van der Waals surface area contributed by atoms with E-state index in [0.29, 0.717) is 6.04 Å². The minimum absolute atomic E-state index is 0.619. The first kappa shape index (κ1) is 13.6. The van der Waals surface area contributed by atoms with E-state index in [0.717, 1.165) is 13.1 Å². The van der Waals surface area contributed by atoms with Crippen LogP contribution in [0.1, 0.15) is 43.4 Å². The quantitative estimate of drug-likeness (QED) is 0.858. The second kappa shape index (κ2) is 6.91. The number of piperazine rings is 1. The molecule has 1 heterocycles. The Bertz CT molecular complexity index is 356. The molecule has 1 fully saturated rings. The van der Waals surface area contributed by atoms with Gasteiger partial charge >= 0.3 is 0 Å². The summed E-state index contributed by atoms with van der Waals surface area (Å²) in [6.07, 6.45) is 3.90. The van der Waals surface area contributed by atoms with Crippen molar-refractivity contribution in [1.82, 2.24) is 10.2 Å². The number of benzene rings is 1. The van der Waals surface area contributed by atoms with Crippen LogP contribution in [-0.2, 0) is 0 Å². The minimum atomic E-state index is 0.619. The van der Waals surface area contributed by atoms with Gasteiger partial charge in [-0.2, -0.15) is 0 Å². The van der Waals surface area contributed by atoms with Gasteiger partial charge in [0.05, 0.1) is 0 Å². The van der Waals surface area contributed by atoms with Gasteiger partial charge in [-0.05, 0) is 24.5 Å². The Morgan fingerprint density at radius 3 is 2.61 bits per heavy atom. The Morgan fingerprint density at radius 1 is 1.22 bits per heavy atom. The highest BCUT2D eigenvalue weighted by atomic mass is 15.2. The van der Waals surface area contributed by atoms with E-state index in [1.54, 1.807) is 0 Å². The van der Waals surface area contributed by atoms with Crippen molar-refractivity contribution in [2.24, 2.45) is 0 Å². The number of hydrogen-bond acceptors (Lipinski definition) is 2. The Kier molecular flexibility index (Phi) is 5.21. The van der Waals surface area contributed by atoms with Gasteiger partial charge in [0.15, 0.2) is 0 Å². The molecule has 2 heteroatoms. The summed E-state index contributed by atoms with van der Waals surface area (Å²) in [5.41, 5.74) is 2.98. The zero-order valence-corrected chi connectivity index (χ0v) is 11.8. The molecule has 1 aliphatic rings. The van der Waals surface area contributed by atoms with Crippen LogP contribution in [0.4, 0.5) is 0 Å². The summed E-state index contributed by atoms with van der Waals surface area (Å²) in [4.78, 5) is 2.66. The Balaban J connectivity index is 2.15. The van der Waals surface area contributed by atoms with Gasteiger partial charge in [-0.1, -0.05) is 44.0 Å². The van der Waals surface area contributed by atoms with Crippen molar-refractivity contribution in [2.75, 3.05) is 26.2 Å². The molecule has 1 N–H and O–H groups in total. The van der Waals surface area contributed by atoms with E-state index < -0.39 is 0 Å². The number of rotatable bonds is 5. The van der Waals surface area contributed by atoms with E-state index in [4.69, 9.17) is 0 Å². The third kappa shape index (κ3) is 3.33. The molecule has 1 atom stereocenters. The first-order valence-corrected chi connectivity index (χ1v) is 7.33. The largest absolute Gasteiger partial charge is 0.314 e. The highest BCUT2D eigenvalue weighted by Gasteiger charge is 2.22. The summed E-state index contributed by atoms with van der Waals surface area (Å²) >= 11 is 0. The fraction of sp³-hybridized carbons (Fsp3) is 0.625. The Hall–Kier alpha value is -0.860. The molecule has 0 aliphatic carbocycles. The Morgan fingerprint density at radius 2 is 1.94 bits per heavy atom. The maximum atomic E-state index is 3.45. The molecule has 1 saturated heterocycles. The second-order valence-electron chi connectivity index (χ2n) is 5.30. The van der Waals surface area contributed by atoms with Crippen molar-refractivity contribution in [3.05, 3.63) is 35.4 Å². The number of nitrogens with zero attached hydrogens (tertiary/aromatic N) is 1. The summed E-state index contributed by atoms with van der Waals surface area (Å²) in [6.45, 7) is 9.16. The molecule has 2 nitrogen and oxygen atoms in total. The zero-order valence-electron chi connectivity index (χ0n) is 11.8. The fourth-order valence-corrected chi connectivity index (χ4v) is 2.89. The van der Waals surface area contributed by atoms with Gasteiger partial charge in [-0.25, -0.2) is 0 Å². The molecule has 2 rings (SSSR count). The SMILES string of the molecule is CCCCC(c1ccccc1C)N1CCNCC1. The van der Waals surface area contributed by atoms with Crippen LogP contribution in [0.2, 0.25) is 0 Å². The first-order valence-electron chi connectivity index (χ1n) is 7.33. The van der Waals surface area contributed by atoms with Gasteiger partial charge in [-0.15, -0.1) is 0 Å². The number of aryl methyl sites for hydroxylation is 1. The third-order valence-electron chi connectivity index (χ3n) is 3.97. The highest BCUT2D eigenvalue weighted by Crippen LogP contribution is 2.28. The molecule has 0 spiro atoms. The summed E-state index contributed by atoms with van der Waals surface area (Å²) in [6, 6.07) is 9.51. The van der Waals surface area contributed by atoms with Gasteiger partial charge in [0.1, 0.15) is 0 Å². The summed E-state index contributed by atoms with van der Waals surface area (Å²) in [5, 5.41) is 3.45. The molecule has 0 radical (unpaired) electrons. The first-order chi connectivity index (χ1) is 8.83. The summed E-state index contributed by atoms with van der Waals surface area (Å²) in [7, 11) is 0. The van der Waals surface area contributed by atoms with Crippen LogP contribution < -0.4 is 5.32 Å². The zero-order chi connectivity index (χ0) is 12.8. The molecule has 1 aromatic carbocycles. The van der Waals surface area contributed by atoms with Crippen molar-refractivity contribution in [1.29, 1.82) is 0 Å². The molecule has 1 aromatic rings. The third-order valence-corrected chi connectivity index (χ3v) is 3.97. The van der Waals surface area contributed by atoms with E-state index in [9.17, 15) is 0 Å². The second-order valence-corrected chi connectivity index (χ2v) is 5.30. The predicted octanol–water partition coefficient (Wildman–Crippen LogP) is 3.13. The van der Waals surface area contributed by atoms with E-state index >= 15 is 0 Å². The Labute approximate surface area is 111 Å². The van der Waals surface area contributed by atoms with Crippen LogP contribution in [0.15, 0.2) is 24.3 Å². The van der Waals surface area contributed by atoms with Crippen LogP contribution in [-0.4, -0.2) is 31.1 Å². The van der Waals surface area contributed by atoms with Gasteiger partial charge in [0, 0.05) is 32.2 Å². The van der Waals surface area contributed by atoms with Crippen LogP contribution >= 0.6 is 0 Å². The lowest BCUT2D eigenvalue weighted by Gasteiger charge is -2.36. The van der Waals surface area contributed by atoms with Crippen molar-refractivity contribution in [3.63, 3.8) is 0 Å². The standard InChI is InChI=1S/C16H26N2/c1-3-4-9-16(18-12-10-17-11-13-18)15-8-6-5-7-14(15)2/h5-8,16-17H,3-4,9-13H2,1-2H3. The van der Waals surface area contributed by atoms with Gasteiger partial charge in [0.2, 0.25) is 0 Å².